The molecule has 0 saturated heterocycles. The molecule has 1 heterocycles. The van der Waals surface area contributed by atoms with Gasteiger partial charge in [-0.15, -0.1) is 0 Å². The van der Waals surface area contributed by atoms with Crippen LogP contribution in [0.4, 0.5) is 5.82 Å². The van der Waals surface area contributed by atoms with Crippen LogP contribution in [-0.2, 0) is 4.74 Å². The fourth-order valence-electron chi connectivity index (χ4n) is 1.36. The maximum Gasteiger partial charge on any atom is 0.253 e. The lowest BCUT2D eigenvalue weighted by molar-refractivity contribution is 0.0710. The van der Waals surface area contributed by atoms with Crippen LogP contribution >= 0.6 is 11.6 Å². The van der Waals surface area contributed by atoms with Crippen LogP contribution in [0.15, 0.2) is 12.1 Å². The number of carbonyl (C=O) groups excluding carboxylic acids is 1. The average Bonchev–Trinajstić information content (AvgIpc) is 2.37. The molecule has 6 nitrogen and oxygen atoms in total. The molecule has 3 N–H and O–H groups in total. The van der Waals surface area contributed by atoms with E-state index in [1.54, 1.807) is 18.0 Å². The van der Waals surface area contributed by atoms with Crippen molar-refractivity contribution in [1.82, 2.24) is 9.88 Å². The molecule has 0 aliphatic carbocycles. The minimum Gasteiger partial charge on any atom is -0.380 e. The number of rotatable bonds is 6. The minimum absolute atomic E-state index is 0.157. The fraction of sp³-hybridized carbons (Fsp3) is 0.455. The van der Waals surface area contributed by atoms with E-state index in [2.05, 4.69) is 10.4 Å². The summed E-state index contributed by atoms with van der Waals surface area (Å²) in [5, 5.41) is 0.215. The quantitative estimate of drug-likeness (QED) is 0.351. The number of nitrogens with one attached hydrogen (secondary N) is 1. The molecule has 18 heavy (non-hydrogen) atoms. The van der Waals surface area contributed by atoms with Gasteiger partial charge in [0.05, 0.1) is 6.61 Å². The molecule has 0 aliphatic heterocycles. The van der Waals surface area contributed by atoms with Gasteiger partial charge in [-0.3, -0.25) is 4.79 Å². The molecule has 0 unspecified atom stereocenters. The molecule has 7 heteroatoms. The Morgan fingerprint density at radius 1 is 1.61 bits per heavy atom. The predicted octanol–water partition coefficient (Wildman–Crippen LogP) is 1.13. The zero-order chi connectivity index (χ0) is 13.5. The summed E-state index contributed by atoms with van der Waals surface area (Å²) in [6, 6.07) is 3.05. The van der Waals surface area contributed by atoms with Crippen molar-refractivity contribution in [3.63, 3.8) is 0 Å². The van der Waals surface area contributed by atoms with Crippen LogP contribution in [0.3, 0.4) is 0 Å². The molecule has 1 rings (SSSR count). The van der Waals surface area contributed by atoms with Gasteiger partial charge in [-0.1, -0.05) is 11.6 Å². The Balaban J connectivity index is 2.73. The van der Waals surface area contributed by atoms with E-state index in [-0.39, 0.29) is 11.1 Å². The second-order valence-corrected chi connectivity index (χ2v) is 4.02. The Morgan fingerprint density at radius 3 is 2.94 bits per heavy atom. The van der Waals surface area contributed by atoms with Gasteiger partial charge in [0, 0.05) is 25.8 Å². The van der Waals surface area contributed by atoms with E-state index in [0.717, 1.165) is 0 Å². The van der Waals surface area contributed by atoms with Gasteiger partial charge in [0.25, 0.3) is 5.91 Å². The number of hydrogen-bond donors (Lipinski definition) is 2. The van der Waals surface area contributed by atoms with Crippen molar-refractivity contribution < 1.29 is 9.53 Å². The first-order valence-electron chi connectivity index (χ1n) is 5.56. The van der Waals surface area contributed by atoms with Crippen LogP contribution in [0.2, 0.25) is 5.15 Å². The van der Waals surface area contributed by atoms with Crippen molar-refractivity contribution in [3.8, 4) is 0 Å². The summed E-state index contributed by atoms with van der Waals surface area (Å²) in [6.45, 7) is 3.55. The number of anilines is 1. The van der Waals surface area contributed by atoms with Crippen molar-refractivity contribution >= 4 is 23.3 Å². The third-order valence-corrected chi connectivity index (χ3v) is 2.50. The number of nitrogens with two attached hydrogens (primary N) is 1. The number of amides is 1. The maximum atomic E-state index is 12.1. The molecule has 0 saturated carbocycles. The van der Waals surface area contributed by atoms with Crippen LogP contribution < -0.4 is 11.3 Å². The van der Waals surface area contributed by atoms with Crippen LogP contribution in [0.5, 0.6) is 0 Å². The molecule has 0 aromatic carbocycles. The van der Waals surface area contributed by atoms with Crippen molar-refractivity contribution in [1.29, 1.82) is 0 Å². The van der Waals surface area contributed by atoms with Crippen molar-refractivity contribution in [3.05, 3.63) is 22.8 Å². The molecule has 0 aliphatic rings. The van der Waals surface area contributed by atoms with Crippen molar-refractivity contribution in [2.75, 3.05) is 32.2 Å². The zero-order valence-electron chi connectivity index (χ0n) is 10.4. The molecule has 0 bridgehead atoms. The second-order valence-electron chi connectivity index (χ2n) is 3.63. The van der Waals surface area contributed by atoms with Crippen LogP contribution in [0, 0.1) is 0 Å². The molecule has 1 aromatic rings. The molecule has 1 aromatic heterocycles. The van der Waals surface area contributed by atoms with E-state index in [1.807, 2.05) is 6.92 Å². The number of pyridine rings is 1. The highest BCUT2D eigenvalue weighted by Crippen LogP contribution is 2.15. The highest BCUT2D eigenvalue weighted by atomic mass is 35.5. The summed E-state index contributed by atoms with van der Waals surface area (Å²) in [6.07, 6.45) is 0. The van der Waals surface area contributed by atoms with Crippen molar-refractivity contribution in [2.24, 2.45) is 5.84 Å². The van der Waals surface area contributed by atoms with Gasteiger partial charge in [0.2, 0.25) is 0 Å². The summed E-state index contributed by atoms with van der Waals surface area (Å²) in [5.74, 6) is 5.44. The average molecular weight is 273 g/mol. The maximum absolute atomic E-state index is 12.1. The number of likely N-dealkylation sites (N-methyl/N-ethyl adjacent to an activating group) is 1. The lowest BCUT2D eigenvalue weighted by atomic mass is 10.2. The van der Waals surface area contributed by atoms with Gasteiger partial charge in [0.15, 0.2) is 0 Å². The second kappa shape index (κ2) is 7.15. The third kappa shape index (κ3) is 4.14. The van der Waals surface area contributed by atoms with Gasteiger partial charge in [-0.25, -0.2) is 10.8 Å². The Bertz CT molecular complexity index is 414. The fourth-order valence-corrected chi connectivity index (χ4v) is 1.57. The van der Waals surface area contributed by atoms with Crippen LogP contribution in [0.1, 0.15) is 17.3 Å². The summed E-state index contributed by atoms with van der Waals surface area (Å²) >= 11 is 5.80. The molecule has 0 spiro atoms. The minimum atomic E-state index is -0.157. The van der Waals surface area contributed by atoms with E-state index in [4.69, 9.17) is 22.2 Å². The van der Waals surface area contributed by atoms with Gasteiger partial charge >= 0.3 is 0 Å². The predicted molar refractivity (Wildman–Crippen MR) is 70.5 cm³/mol. The summed E-state index contributed by atoms with van der Waals surface area (Å²) in [7, 11) is 1.70. The van der Waals surface area contributed by atoms with Crippen LogP contribution in [0.25, 0.3) is 0 Å². The zero-order valence-corrected chi connectivity index (χ0v) is 11.2. The highest BCUT2D eigenvalue weighted by molar-refractivity contribution is 6.29. The Kier molecular flexibility index (Phi) is 5.84. The number of carbonyl (C=O) groups is 1. The van der Waals surface area contributed by atoms with E-state index in [1.165, 1.54) is 6.07 Å². The third-order valence-electron chi connectivity index (χ3n) is 2.31. The van der Waals surface area contributed by atoms with E-state index >= 15 is 0 Å². The number of ether oxygens (including phenoxy) is 1. The molecule has 100 valence electrons. The van der Waals surface area contributed by atoms with E-state index in [0.29, 0.717) is 31.1 Å². The topological polar surface area (TPSA) is 80.5 Å². The first-order valence-corrected chi connectivity index (χ1v) is 5.93. The first-order chi connectivity index (χ1) is 8.58. The number of nitrogen functional groups attached to an aromatic ring is 1. The molecule has 1 amide bonds. The summed E-state index contributed by atoms with van der Waals surface area (Å²) < 4.78 is 5.19. The largest absolute Gasteiger partial charge is 0.380 e. The van der Waals surface area contributed by atoms with Crippen LogP contribution in [-0.4, -0.2) is 42.6 Å². The highest BCUT2D eigenvalue weighted by Gasteiger charge is 2.13. The smallest absolute Gasteiger partial charge is 0.253 e. The Hall–Kier alpha value is -1.37. The standard InChI is InChI=1S/C11H17ClN4O2/c1-3-18-5-4-16(2)11(17)8-6-9(12)14-10(7-8)15-13/h6-7H,3-5,13H2,1-2H3,(H,14,15). The van der Waals surface area contributed by atoms with Gasteiger partial charge < -0.3 is 15.1 Å². The first kappa shape index (κ1) is 14.7. The molecule has 0 atom stereocenters. The Labute approximate surface area is 111 Å². The lowest BCUT2D eigenvalue weighted by Gasteiger charge is -2.17. The summed E-state index contributed by atoms with van der Waals surface area (Å²) in [4.78, 5) is 17.5. The molecular formula is C11H17ClN4O2. The number of halogens is 1. The lowest BCUT2D eigenvalue weighted by Crippen LogP contribution is -2.30. The number of hydrogen-bond acceptors (Lipinski definition) is 5. The summed E-state index contributed by atoms with van der Waals surface area (Å²) in [5.41, 5.74) is 2.80. The van der Waals surface area contributed by atoms with Gasteiger partial charge in [-0.2, -0.15) is 0 Å². The monoisotopic (exact) mass is 272 g/mol. The van der Waals surface area contributed by atoms with E-state index in [9.17, 15) is 4.79 Å². The normalized spacial score (nSPS) is 10.2. The van der Waals surface area contributed by atoms with Gasteiger partial charge in [0.1, 0.15) is 11.0 Å². The Morgan fingerprint density at radius 2 is 2.33 bits per heavy atom. The molecular weight excluding hydrogens is 256 g/mol. The SMILES string of the molecule is CCOCCN(C)C(=O)c1cc(Cl)nc(NN)c1. The number of nitrogens with zero attached hydrogens (tertiary/aromatic N) is 2. The number of aromatic nitrogens is 1. The molecule has 0 fully saturated rings. The van der Waals surface area contributed by atoms with E-state index < -0.39 is 0 Å². The van der Waals surface area contributed by atoms with Gasteiger partial charge in [-0.05, 0) is 19.1 Å². The van der Waals surface area contributed by atoms with Crippen molar-refractivity contribution in [2.45, 2.75) is 6.92 Å². The molecule has 0 radical (unpaired) electrons. The number of hydrazine groups is 1.